The molecule has 26 heavy (non-hydrogen) atoms. The summed E-state index contributed by atoms with van der Waals surface area (Å²) in [5.74, 6) is 0.174. The monoisotopic (exact) mass is 371 g/mol. The maximum Gasteiger partial charge on any atom is 0.348 e. The van der Waals surface area contributed by atoms with Gasteiger partial charge in [0.05, 0.1) is 18.5 Å². The maximum absolute atomic E-state index is 12.5. The molecule has 0 aliphatic heterocycles. The van der Waals surface area contributed by atoms with E-state index >= 15 is 0 Å². The van der Waals surface area contributed by atoms with E-state index in [0.717, 1.165) is 6.54 Å². The van der Waals surface area contributed by atoms with Crippen LogP contribution in [0.15, 0.2) is 35.1 Å². The van der Waals surface area contributed by atoms with Crippen LogP contribution in [-0.4, -0.2) is 34.5 Å². The zero-order chi connectivity index (χ0) is 18.7. The third-order valence-corrected chi connectivity index (χ3v) is 5.19. The van der Waals surface area contributed by atoms with Crippen LogP contribution in [0, 0.1) is 6.92 Å². The van der Waals surface area contributed by atoms with Crippen LogP contribution in [0.3, 0.4) is 0 Å². The fourth-order valence-electron chi connectivity index (χ4n) is 2.86. The van der Waals surface area contributed by atoms with E-state index in [1.165, 1.54) is 16.9 Å². The number of ether oxygens (including phenoxy) is 1. The number of nitrogens with one attached hydrogen (secondary N) is 1. The van der Waals surface area contributed by atoms with Gasteiger partial charge in [-0.2, -0.15) is 0 Å². The molecule has 0 saturated heterocycles. The lowest BCUT2D eigenvalue weighted by Gasteiger charge is -2.15. The van der Waals surface area contributed by atoms with Gasteiger partial charge in [0, 0.05) is 6.54 Å². The SMILES string of the molecule is CCOC(=O)c1sc2nc(CN(C)Cc3ccccc3)[nH]c(=O)c2c1C. The van der Waals surface area contributed by atoms with Gasteiger partial charge in [-0.05, 0) is 32.0 Å². The number of hydrogen-bond acceptors (Lipinski definition) is 6. The summed E-state index contributed by atoms with van der Waals surface area (Å²) in [5, 5.41) is 0.465. The number of aromatic nitrogens is 2. The summed E-state index contributed by atoms with van der Waals surface area (Å²) in [6, 6.07) is 10.1. The molecule has 0 fully saturated rings. The largest absolute Gasteiger partial charge is 0.462 e. The predicted octanol–water partition coefficient (Wildman–Crippen LogP) is 3.10. The van der Waals surface area contributed by atoms with Gasteiger partial charge in [-0.1, -0.05) is 30.3 Å². The lowest BCUT2D eigenvalue weighted by Crippen LogP contribution is -2.21. The first-order chi connectivity index (χ1) is 12.5. The molecule has 1 N–H and O–H groups in total. The number of nitrogens with zero attached hydrogens (tertiary/aromatic N) is 2. The second-order valence-corrected chi connectivity index (χ2v) is 7.13. The molecular formula is C19H21N3O3S. The molecule has 0 saturated carbocycles. The van der Waals surface area contributed by atoms with Gasteiger partial charge in [0.25, 0.3) is 5.56 Å². The smallest absolute Gasteiger partial charge is 0.348 e. The number of aryl methyl sites for hydroxylation is 1. The van der Waals surface area contributed by atoms with Gasteiger partial charge in [0.15, 0.2) is 0 Å². The van der Waals surface area contributed by atoms with Crippen molar-refractivity contribution >= 4 is 27.5 Å². The number of H-pyrrole nitrogens is 1. The van der Waals surface area contributed by atoms with Crippen LogP contribution in [0.25, 0.3) is 10.2 Å². The lowest BCUT2D eigenvalue weighted by molar-refractivity contribution is 0.0531. The molecular weight excluding hydrogens is 350 g/mol. The summed E-state index contributed by atoms with van der Waals surface area (Å²) >= 11 is 1.21. The number of thiophene rings is 1. The maximum atomic E-state index is 12.5. The fraction of sp³-hybridized carbons (Fsp3) is 0.316. The summed E-state index contributed by atoms with van der Waals surface area (Å²) in [6.07, 6.45) is 0. The Morgan fingerprint density at radius 2 is 2.00 bits per heavy atom. The van der Waals surface area contributed by atoms with Gasteiger partial charge in [0.1, 0.15) is 15.5 Å². The van der Waals surface area contributed by atoms with E-state index in [1.807, 2.05) is 25.2 Å². The number of aromatic amines is 1. The summed E-state index contributed by atoms with van der Waals surface area (Å²) in [6.45, 7) is 5.06. The van der Waals surface area contributed by atoms with Crippen molar-refractivity contribution in [2.75, 3.05) is 13.7 Å². The van der Waals surface area contributed by atoms with Crippen molar-refractivity contribution in [2.24, 2.45) is 0 Å². The number of carbonyl (C=O) groups is 1. The second kappa shape index (κ2) is 7.80. The Morgan fingerprint density at radius 3 is 2.69 bits per heavy atom. The van der Waals surface area contributed by atoms with E-state index in [9.17, 15) is 9.59 Å². The van der Waals surface area contributed by atoms with E-state index in [4.69, 9.17) is 4.74 Å². The van der Waals surface area contributed by atoms with Crippen LogP contribution >= 0.6 is 11.3 Å². The number of carbonyl (C=O) groups excluding carboxylic acids is 1. The quantitative estimate of drug-likeness (QED) is 0.674. The average Bonchev–Trinajstić information content (AvgIpc) is 2.93. The Bertz CT molecular complexity index is 979. The summed E-state index contributed by atoms with van der Waals surface area (Å²) in [5.41, 5.74) is 1.60. The van der Waals surface area contributed by atoms with Crippen molar-refractivity contribution in [1.82, 2.24) is 14.9 Å². The summed E-state index contributed by atoms with van der Waals surface area (Å²) < 4.78 is 5.06. The third-order valence-electron chi connectivity index (χ3n) is 4.03. The second-order valence-electron chi connectivity index (χ2n) is 6.13. The van der Waals surface area contributed by atoms with E-state index in [0.29, 0.717) is 39.6 Å². The third kappa shape index (κ3) is 3.84. The minimum Gasteiger partial charge on any atom is -0.462 e. The highest BCUT2D eigenvalue weighted by Crippen LogP contribution is 2.27. The first kappa shape index (κ1) is 18.3. The van der Waals surface area contributed by atoms with E-state index in [1.54, 1.807) is 13.8 Å². The number of benzene rings is 1. The van der Waals surface area contributed by atoms with Crippen molar-refractivity contribution in [3.8, 4) is 0 Å². The Morgan fingerprint density at radius 1 is 1.27 bits per heavy atom. The van der Waals surface area contributed by atoms with Gasteiger partial charge in [-0.25, -0.2) is 9.78 Å². The van der Waals surface area contributed by atoms with Crippen molar-refractivity contribution in [2.45, 2.75) is 26.9 Å². The molecule has 0 atom stereocenters. The fourth-order valence-corrected chi connectivity index (χ4v) is 3.96. The van der Waals surface area contributed by atoms with Crippen LogP contribution in [-0.2, 0) is 17.8 Å². The topological polar surface area (TPSA) is 75.3 Å². The highest BCUT2D eigenvalue weighted by atomic mass is 32.1. The molecule has 0 unspecified atom stereocenters. The van der Waals surface area contributed by atoms with Crippen LogP contribution in [0.1, 0.15) is 33.5 Å². The van der Waals surface area contributed by atoms with Crippen molar-refractivity contribution < 1.29 is 9.53 Å². The van der Waals surface area contributed by atoms with Gasteiger partial charge in [0.2, 0.25) is 0 Å². The first-order valence-corrected chi connectivity index (χ1v) is 9.23. The molecule has 0 radical (unpaired) electrons. The zero-order valence-corrected chi connectivity index (χ0v) is 15.9. The van der Waals surface area contributed by atoms with Gasteiger partial charge >= 0.3 is 5.97 Å². The van der Waals surface area contributed by atoms with Crippen LogP contribution < -0.4 is 5.56 Å². The molecule has 136 valence electrons. The van der Waals surface area contributed by atoms with Crippen molar-refractivity contribution in [3.05, 3.63) is 62.5 Å². The Hall–Kier alpha value is -2.51. The molecule has 2 heterocycles. The van der Waals surface area contributed by atoms with Crippen LogP contribution in [0.4, 0.5) is 0 Å². The summed E-state index contributed by atoms with van der Waals surface area (Å²) in [4.78, 5) is 35.0. The Balaban J connectivity index is 1.86. The molecule has 0 spiro atoms. The highest BCUT2D eigenvalue weighted by molar-refractivity contribution is 7.20. The molecule has 1 aromatic carbocycles. The number of hydrogen-bond donors (Lipinski definition) is 1. The summed E-state index contributed by atoms with van der Waals surface area (Å²) in [7, 11) is 1.97. The average molecular weight is 371 g/mol. The van der Waals surface area contributed by atoms with E-state index < -0.39 is 5.97 Å². The van der Waals surface area contributed by atoms with E-state index in [-0.39, 0.29) is 5.56 Å². The minimum absolute atomic E-state index is 0.220. The van der Waals surface area contributed by atoms with Gasteiger partial charge in [-0.15, -0.1) is 11.3 Å². The molecule has 0 bridgehead atoms. The lowest BCUT2D eigenvalue weighted by atomic mass is 10.2. The van der Waals surface area contributed by atoms with Crippen LogP contribution in [0.2, 0.25) is 0 Å². The van der Waals surface area contributed by atoms with Gasteiger partial charge in [-0.3, -0.25) is 9.69 Å². The number of rotatable bonds is 6. The van der Waals surface area contributed by atoms with Crippen LogP contribution in [0.5, 0.6) is 0 Å². The normalized spacial score (nSPS) is 11.2. The Labute approximate surface area is 155 Å². The number of esters is 1. The molecule has 6 nitrogen and oxygen atoms in total. The standard InChI is InChI=1S/C19H21N3O3S/c1-4-25-19(24)16-12(2)15-17(23)20-14(21-18(15)26-16)11-22(3)10-13-8-6-5-7-9-13/h5-9H,4,10-11H2,1-3H3,(H,20,21,23). The molecule has 0 amide bonds. The van der Waals surface area contributed by atoms with E-state index in [2.05, 4.69) is 27.0 Å². The molecule has 2 aromatic heterocycles. The van der Waals surface area contributed by atoms with Crippen molar-refractivity contribution in [1.29, 1.82) is 0 Å². The van der Waals surface area contributed by atoms with Gasteiger partial charge < -0.3 is 9.72 Å². The predicted molar refractivity (Wildman–Crippen MR) is 103 cm³/mol. The first-order valence-electron chi connectivity index (χ1n) is 8.41. The minimum atomic E-state index is -0.407. The highest BCUT2D eigenvalue weighted by Gasteiger charge is 2.20. The molecule has 7 heteroatoms. The zero-order valence-electron chi connectivity index (χ0n) is 15.0. The molecule has 0 aliphatic rings. The van der Waals surface area contributed by atoms with Crippen molar-refractivity contribution in [3.63, 3.8) is 0 Å². The Kier molecular flexibility index (Phi) is 5.49. The molecule has 0 aliphatic carbocycles. The molecule has 3 rings (SSSR count). The number of fused-ring (bicyclic) bond motifs is 1. The molecule has 3 aromatic rings.